The molecule has 0 unspecified atom stereocenters. The Morgan fingerprint density at radius 2 is 1.69 bits per heavy atom. The van der Waals surface area contributed by atoms with Crippen LogP contribution in [-0.4, -0.2) is 104 Å². The lowest BCUT2D eigenvalue weighted by atomic mass is 9.84. The molecule has 2 saturated heterocycles. The minimum Gasteiger partial charge on any atom is -0.355 e. The third-order valence-electron chi connectivity index (χ3n) is 7.22. The molecule has 1 saturated carbocycles. The van der Waals surface area contributed by atoms with Crippen molar-refractivity contribution >= 4 is 11.9 Å². The van der Waals surface area contributed by atoms with Crippen LogP contribution in [0.4, 0.5) is 0 Å². The van der Waals surface area contributed by atoms with Gasteiger partial charge >= 0.3 is 0 Å². The summed E-state index contributed by atoms with van der Waals surface area (Å²) in [4.78, 5) is 26.4. The zero-order valence-electron chi connectivity index (χ0n) is 19.9. The minimum atomic E-state index is 0.323. The number of hydrogen-bond acceptors (Lipinski definition) is 4. The topological polar surface area (TPSA) is 54.4 Å². The number of nitrogens with zero attached hydrogens (tertiary/aromatic N) is 5. The molecule has 1 N–H and O–H groups in total. The van der Waals surface area contributed by atoms with Gasteiger partial charge in [0.05, 0.1) is 0 Å². The van der Waals surface area contributed by atoms with Gasteiger partial charge in [0.15, 0.2) is 5.96 Å². The Balaban J connectivity index is 1.13. The summed E-state index contributed by atoms with van der Waals surface area (Å²) in [6.07, 6.45) is 3.43. The molecule has 4 rings (SSSR count). The first-order chi connectivity index (χ1) is 15.6. The van der Waals surface area contributed by atoms with Gasteiger partial charge < -0.3 is 15.1 Å². The molecule has 7 nitrogen and oxygen atoms in total. The summed E-state index contributed by atoms with van der Waals surface area (Å²) >= 11 is 0. The van der Waals surface area contributed by atoms with E-state index in [0.29, 0.717) is 11.8 Å². The number of guanidine groups is 1. The van der Waals surface area contributed by atoms with Crippen LogP contribution in [-0.2, 0) is 11.3 Å². The van der Waals surface area contributed by atoms with Crippen molar-refractivity contribution in [3.05, 3.63) is 35.4 Å². The summed E-state index contributed by atoms with van der Waals surface area (Å²) in [5.74, 6) is 1.73. The summed E-state index contributed by atoms with van der Waals surface area (Å²) in [6.45, 7) is 12.9. The van der Waals surface area contributed by atoms with Crippen LogP contribution in [0.2, 0.25) is 0 Å². The van der Waals surface area contributed by atoms with E-state index in [2.05, 4.69) is 61.1 Å². The Morgan fingerprint density at radius 1 is 1.00 bits per heavy atom. The minimum absolute atomic E-state index is 0.323. The van der Waals surface area contributed by atoms with E-state index < -0.39 is 0 Å². The maximum atomic E-state index is 12.4. The molecule has 3 fully saturated rings. The Morgan fingerprint density at radius 3 is 2.31 bits per heavy atom. The van der Waals surface area contributed by atoms with E-state index in [1.807, 2.05) is 7.05 Å². The van der Waals surface area contributed by atoms with Gasteiger partial charge in [0.2, 0.25) is 5.91 Å². The zero-order chi connectivity index (χ0) is 22.3. The highest BCUT2D eigenvalue weighted by Crippen LogP contribution is 2.28. The number of carbonyl (C=O) groups excluding carboxylic acids is 1. The molecule has 0 aromatic heterocycles. The molecule has 1 aliphatic carbocycles. The van der Waals surface area contributed by atoms with E-state index in [9.17, 15) is 4.79 Å². The molecule has 3 aliphatic rings. The number of amides is 1. The first kappa shape index (κ1) is 23.1. The molecular formula is C25H40N6O. The highest BCUT2D eigenvalue weighted by atomic mass is 16.2. The van der Waals surface area contributed by atoms with Crippen LogP contribution < -0.4 is 5.32 Å². The van der Waals surface area contributed by atoms with Crippen molar-refractivity contribution in [3.63, 3.8) is 0 Å². The van der Waals surface area contributed by atoms with Gasteiger partial charge in [-0.2, -0.15) is 0 Å². The first-order valence-electron chi connectivity index (χ1n) is 12.4. The van der Waals surface area contributed by atoms with Crippen molar-refractivity contribution in [1.82, 2.24) is 24.9 Å². The van der Waals surface area contributed by atoms with Gasteiger partial charge in [0.25, 0.3) is 0 Å². The van der Waals surface area contributed by atoms with E-state index in [1.165, 1.54) is 17.5 Å². The number of rotatable bonds is 6. The van der Waals surface area contributed by atoms with Crippen LogP contribution in [0.25, 0.3) is 0 Å². The van der Waals surface area contributed by atoms with Gasteiger partial charge in [-0.15, -0.1) is 0 Å². The summed E-state index contributed by atoms with van der Waals surface area (Å²) in [5, 5.41) is 3.56. The number of benzene rings is 1. The summed E-state index contributed by atoms with van der Waals surface area (Å²) in [7, 11) is 1.88. The molecule has 0 bridgehead atoms. The number of aryl methyl sites for hydroxylation is 1. The molecule has 7 heteroatoms. The molecule has 1 amide bonds. The molecule has 1 aromatic carbocycles. The van der Waals surface area contributed by atoms with Crippen molar-refractivity contribution in [2.75, 3.05) is 72.5 Å². The number of nitrogens with one attached hydrogen (secondary N) is 1. The lowest BCUT2D eigenvalue weighted by Gasteiger charge is -2.39. The molecule has 32 heavy (non-hydrogen) atoms. The third-order valence-corrected chi connectivity index (χ3v) is 7.22. The number of aliphatic imine (C=N–C) groups is 1. The van der Waals surface area contributed by atoms with Crippen LogP contribution in [0.1, 0.15) is 30.4 Å². The highest BCUT2D eigenvalue weighted by Gasteiger charge is 2.31. The average Bonchev–Trinajstić information content (AvgIpc) is 2.77. The average molecular weight is 441 g/mol. The van der Waals surface area contributed by atoms with E-state index in [4.69, 9.17) is 0 Å². The van der Waals surface area contributed by atoms with Crippen LogP contribution >= 0.6 is 0 Å². The summed E-state index contributed by atoms with van der Waals surface area (Å²) in [5.41, 5.74) is 2.73. The standard InChI is InChI=1S/C25H40N6O/c1-21-5-3-6-22(19-21)20-29-13-17-31(18-14-29)25(26-2)27-9-10-28-11-15-30(16-12-28)24(32)23-7-4-8-23/h3,5-6,19,23H,4,7-18,20H2,1-2H3,(H,26,27). The monoisotopic (exact) mass is 440 g/mol. The second kappa shape index (κ2) is 11.1. The van der Waals surface area contributed by atoms with Crippen molar-refractivity contribution in [1.29, 1.82) is 0 Å². The second-order valence-electron chi connectivity index (χ2n) is 9.52. The molecule has 0 radical (unpaired) electrons. The fourth-order valence-electron chi connectivity index (χ4n) is 4.95. The third kappa shape index (κ3) is 6.01. The van der Waals surface area contributed by atoms with E-state index >= 15 is 0 Å². The Bertz CT molecular complexity index is 776. The summed E-state index contributed by atoms with van der Waals surface area (Å²) in [6, 6.07) is 8.82. The predicted molar refractivity (Wildman–Crippen MR) is 130 cm³/mol. The van der Waals surface area contributed by atoms with Crippen molar-refractivity contribution < 1.29 is 4.79 Å². The van der Waals surface area contributed by atoms with Gasteiger partial charge in [0, 0.05) is 85.0 Å². The maximum absolute atomic E-state index is 12.4. The maximum Gasteiger partial charge on any atom is 0.225 e. The van der Waals surface area contributed by atoms with E-state index in [0.717, 1.165) is 90.8 Å². The molecule has 2 aliphatic heterocycles. The van der Waals surface area contributed by atoms with Crippen LogP contribution in [0.5, 0.6) is 0 Å². The summed E-state index contributed by atoms with van der Waals surface area (Å²) < 4.78 is 0. The quantitative estimate of drug-likeness (QED) is 0.538. The zero-order valence-corrected chi connectivity index (χ0v) is 19.9. The smallest absolute Gasteiger partial charge is 0.225 e. The largest absolute Gasteiger partial charge is 0.355 e. The molecule has 2 heterocycles. The Labute approximate surface area is 193 Å². The predicted octanol–water partition coefficient (Wildman–Crippen LogP) is 1.63. The highest BCUT2D eigenvalue weighted by molar-refractivity contribution is 5.80. The molecule has 0 spiro atoms. The lowest BCUT2D eigenvalue weighted by molar-refractivity contribution is -0.139. The van der Waals surface area contributed by atoms with Gasteiger partial charge in [0.1, 0.15) is 0 Å². The Kier molecular flexibility index (Phi) is 8.03. The number of piperazine rings is 2. The van der Waals surface area contributed by atoms with Gasteiger partial charge in [-0.25, -0.2) is 0 Å². The van der Waals surface area contributed by atoms with Crippen LogP contribution in [0.15, 0.2) is 29.3 Å². The van der Waals surface area contributed by atoms with E-state index in [-0.39, 0.29) is 0 Å². The number of carbonyl (C=O) groups is 1. The fraction of sp³-hybridized carbons (Fsp3) is 0.680. The SMILES string of the molecule is CN=C(NCCN1CCN(C(=O)C2CCC2)CC1)N1CCN(Cc2cccc(C)c2)CC1. The molecule has 1 aromatic rings. The van der Waals surface area contributed by atoms with Crippen molar-refractivity contribution in [3.8, 4) is 0 Å². The molecule has 0 atom stereocenters. The molecule has 176 valence electrons. The van der Waals surface area contributed by atoms with Crippen molar-refractivity contribution in [2.24, 2.45) is 10.9 Å². The Hall–Kier alpha value is -2.12. The molecular weight excluding hydrogens is 400 g/mol. The van der Waals surface area contributed by atoms with Gasteiger partial charge in [-0.3, -0.25) is 19.6 Å². The van der Waals surface area contributed by atoms with Crippen molar-refractivity contribution in [2.45, 2.75) is 32.7 Å². The first-order valence-corrected chi connectivity index (χ1v) is 12.4. The lowest BCUT2D eigenvalue weighted by Crippen LogP contribution is -2.54. The fourth-order valence-corrected chi connectivity index (χ4v) is 4.95. The van der Waals surface area contributed by atoms with Crippen LogP contribution in [0.3, 0.4) is 0 Å². The van der Waals surface area contributed by atoms with Crippen LogP contribution in [0, 0.1) is 12.8 Å². The second-order valence-corrected chi connectivity index (χ2v) is 9.52. The van der Waals surface area contributed by atoms with E-state index in [1.54, 1.807) is 0 Å². The van der Waals surface area contributed by atoms with Gasteiger partial charge in [-0.1, -0.05) is 36.2 Å². The van der Waals surface area contributed by atoms with Gasteiger partial charge in [-0.05, 0) is 25.3 Å². The number of hydrogen-bond donors (Lipinski definition) is 1. The normalized spacial score (nSPS) is 21.5.